The first-order valence-electron chi connectivity index (χ1n) is 15.5. The average molecular weight is 743 g/mol. The van der Waals surface area contributed by atoms with Crippen LogP contribution >= 0.6 is 0 Å². The van der Waals surface area contributed by atoms with Gasteiger partial charge in [0, 0.05) is 64.0 Å². The van der Waals surface area contributed by atoms with Gasteiger partial charge in [0.15, 0.2) is 9.84 Å². The Morgan fingerprint density at radius 1 is 0.980 bits per heavy atom. The van der Waals surface area contributed by atoms with Gasteiger partial charge < -0.3 is 15.0 Å². The molecule has 1 atom stereocenters. The minimum Gasteiger partial charge on any atom is -0.492 e. The fraction of sp³-hybridized carbons (Fsp3) is 0.581. The molecule has 1 N–H and O–H groups in total. The number of halogens is 6. The number of hydrogen-bond donors (Lipinski definition) is 1. The van der Waals surface area contributed by atoms with Crippen molar-refractivity contribution in [1.82, 2.24) is 14.5 Å². The first-order valence-corrected chi connectivity index (χ1v) is 18.7. The van der Waals surface area contributed by atoms with Crippen LogP contribution < -0.4 is 15.0 Å². The molecule has 1 fully saturated rings. The highest BCUT2D eigenvalue weighted by molar-refractivity contribution is 7.91. The molecular weight excluding hydrogens is 702 g/mol. The molecule has 4 rings (SSSR count). The normalized spacial score (nSPS) is 20.4. The zero-order chi connectivity index (χ0) is 36.6. The van der Waals surface area contributed by atoms with E-state index in [0.29, 0.717) is 32.6 Å². The molecule has 2 aliphatic rings. The van der Waals surface area contributed by atoms with Crippen LogP contribution in [0.5, 0.6) is 5.75 Å². The highest BCUT2D eigenvalue weighted by Gasteiger charge is 2.43. The van der Waals surface area contributed by atoms with E-state index in [4.69, 9.17) is 4.74 Å². The molecule has 2 aromatic rings. The van der Waals surface area contributed by atoms with E-state index in [1.54, 1.807) is 0 Å². The lowest BCUT2D eigenvalue weighted by Crippen LogP contribution is -2.46. The van der Waals surface area contributed by atoms with Crippen molar-refractivity contribution in [2.75, 3.05) is 62.8 Å². The molecule has 0 radical (unpaired) electrons. The van der Waals surface area contributed by atoms with Gasteiger partial charge in [-0.05, 0) is 57.5 Å². The maximum atomic E-state index is 14.6. The van der Waals surface area contributed by atoms with E-state index in [0.717, 1.165) is 29.6 Å². The molecular formula is C31H40F6N4O6S2. The standard InChI is InChI=1S/C31H40F6N4O6S2/c1-29(2,28(42)38-11-12-40-13-15-48(43,44)16-14-40)20-47-26-18-27-25(17-24(26)31(35,36)37)41(22-7-5-21(32)6-8-22)19-23(9-10-30(3,33)34)39(4)49(27,45)46/h5-8,17-18,23H,9-16,19-20H2,1-4H3,(H,38,42)/t23-/m1/s1. The molecule has 10 nitrogen and oxygen atoms in total. The number of alkyl halides is 5. The van der Waals surface area contributed by atoms with Crippen LogP contribution in [0.3, 0.4) is 0 Å². The van der Waals surface area contributed by atoms with Crippen LogP contribution in [0.4, 0.5) is 37.7 Å². The van der Waals surface area contributed by atoms with Crippen molar-refractivity contribution in [3.63, 3.8) is 0 Å². The molecule has 1 amide bonds. The van der Waals surface area contributed by atoms with Gasteiger partial charge in [-0.1, -0.05) is 0 Å². The number of likely N-dealkylation sites (N-methyl/N-ethyl adjacent to an activating group) is 1. The highest BCUT2D eigenvalue weighted by Crippen LogP contribution is 2.46. The van der Waals surface area contributed by atoms with Gasteiger partial charge in [-0.3, -0.25) is 9.69 Å². The summed E-state index contributed by atoms with van der Waals surface area (Å²) in [6.07, 6.45) is -6.09. The molecule has 0 bridgehead atoms. The minimum atomic E-state index is -5.06. The van der Waals surface area contributed by atoms with Crippen molar-refractivity contribution in [2.45, 2.75) is 56.6 Å². The quantitative estimate of drug-likeness (QED) is 0.331. The lowest BCUT2D eigenvalue weighted by molar-refractivity contribution is -0.139. The van der Waals surface area contributed by atoms with Gasteiger partial charge in [0.1, 0.15) is 23.1 Å². The lowest BCUT2D eigenvalue weighted by Gasteiger charge is -2.30. The fourth-order valence-corrected chi connectivity index (χ4v) is 8.35. The maximum absolute atomic E-state index is 14.6. The molecule has 0 spiro atoms. The van der Waals surface area contributed by atoms with Gasteiger partial charge >= 0.3 is 6.18 Å². The second-order valence-corrected chi connectivity index (χ2v) is 17.4. The number of amides is 1. The monoisotopic (exact) mass is 742 g/mol. The number of sulfone groups is 1. The summed E-state index contributed by atoms with van der Waals surface area (Å²) < 4.78 is 143. The summed E-state index contributed by atoms with van der Waals surface area (Å²) >= 11 is 0. The SMILES string of the molecule is CN1[C@H](CCC(C)(F)F)CN(c2ccc(F)cc2)c2cc(C(F)(F)F)c(OCC(C)(C)C(=O)NCCN3CCS(=O)(=O)CC3)cc2S1(=O)=O. The summed E-state index contributed by atoms with van der Waals surface area (Å²) in [6, 6.07) is 4.78. The summed E-state index contributed by atoms with van der Waals surface area (Å²) in [5.74, 6) is -5.22. The van der Waals surface area contributed by atoms with E-state index in [1.807, 2.05) is 4.90 Å². The van der Waals surface area contributed by atoms with Gasteiger partial charge in [0.2, 0.25) is 21.9 Å². The number of benzene rings is 2. The van der Waals surface area contributed by atoms with Gasteiger partial charge in [-0.2, -0.15) is 17.5 Å². The molecule has 0 unspecified atom stereocenters. The fourth-order valence-electron chi connectivity index (χ4n) is 5.51. The Morgan fingerprint density at radius 3 is 2.16 bits per heavy atom. The Bertz CT molecular complexity index is 1720. The minimum absolute atomic E-state index is 0.00506. The first-order chi connectivity index (χ1) is 22.5. The summed E-state index contributed by atoms with van der Waals surface area (Å²) in [5.41, 5.74) is -3.02. The van der Waals surface area contributed by atoms with E-state index >= 15 is 0 Å². The van der Waals surface area contributed by atoms with Crippen molar-refractivity contribution < 1.29 is 52.7 Å². The van der Waals surface area contributed by atoms with E-state index in [9.17, 15) is 48.0 Å². The summed E-state index contributed by atoms with van der Waals surface area (Å²) in [4.78, 5) is 15.5. The van der Waals surface area contributed by atoms with Crippen molar-refractivity contribution >= 4 is 37.1 Å². The predicted molar refractivity (Wildman–Crippen MR) is 171 cm³/mol. The average Bonchev–Trinajstić information content (AvgIpc) is 3.07. The number of ether oxygens (including phenoxy) is 1. The predicted octanol–water partition coefficient (Wildman–Crippen LogP) is 4.67. The summed E-state index contributed by atoms with van der Waals surface area (Å²) in [6.45, 7) is 3.75. The topological polar surface area (TPSA) is 116 Å². The molecule has 2 aromatic carbocycles. The van der Waals surface area contributed by atoms with Gasteiger partial charge in [-0.15, -0.1) is 0 Å². The lowest BCUT2D eigenvalue weighted by atomic mass is 9.93. The van der Waals surface area contributed by atoms with Crippen LogP contribution in [0, 0.1) is 11.2 Å². The maximum Gasteiger partial charge on any atom is 0.420 e. The third kappa shape index (κ3) is 9.58. The van der Waals surface area contributed by atoms with Crippen LogP contribution in [-0.4, -0.2) is 102 Å². The number of nitrogens with one attached hydrogen (secondary N) is 1. The van der Waals surface area contributed by atoms with Crippen molar-refractivity contribution in [2.24, 2.45) is 5.41 Å². The smallest absolute Gasteiger partial charge is 0.420 e. The Balaban J connectivity index is 1.65. The van der Waals surface area contributed by atoms with Gasteiger partial charge in [-0.25, -0.2) is 30.0 Å². The van der Waals surface area contributed by atoms with Crippen LogP contribution in [0.1, 0.15) is 39.2 Å². The molecule has 1 saturated heterocycles. The molecule has 18 heteroatoms. The van der Waals surface area contributed by atoms with E-state index in [2.05, 4.69) is 5.32 Å². The van der Waals surface area contributed by atoms with Crippen LogP contribution in [-0.2, 0) is 30.8 Å². The second-order valence-electron chi connectivity index (χ2n) is 13.1. The van der Waals surface area contributed by atoms with E-state index < -0.39 is 90.1 Å². The van der Waals surface area contributed by atoms with Gasteiger partial charge in [0.25, 0.3) is 0 Å². The molecule has 274 valence electrons. The number of carbonyl (C=O) groups excluding carboxylic acids is 1. The molecule has 0 aromatic heterocycles. The summed E-state index contributed by atoms with van der Waals surface area (Å²) in [7, 11) is -6.54. The zero-order valence-electron chi connectivity index (χ0n) is 27.5. The molecule has 0 aliphatic carbocycles. The third-order valence-corrected chi connectivity index (χ3v) is 12.2. The van der Waals surface area contributed by atoms with Crippen molar-refractivity contribution in [3.8, 4) is 5.75 Å². The molecule has 2 heterocycles. The van der Waals surface area contributed by atoms with E-state index in [-0.39, 0.29) is 36.7 Å². The Labute approximate surface area is 282 Å². The second kappa shape index (κ2) is 14.3. The van der Waals surface area contributed by atoms with Crippen LogP contribution in [0.15, 0.2) is 41.3 Å². The number of carbonyl (C=O) groups is 1. The highest BCUT2D eigenvalue weighted by atomic mass is 32.2. The van der Waals surface area contributed by atoms with Crippen molar-refractivity contribution in [1.29, 1.82) is 0 Å². The van der Waals surface area contributed by atoms with Crippen LogP contribution in [0.25, 0.3) is 0 Å². The Kier molecular flexibility index (Phi) is 11.3. The molecule has 2 aliphatic heterocycles. The number of rotatable bonds is 11. The van der Waals surface area contributed by atoms with Crippen LogP contribution in [0.2, 0.25) is 0 Å². The van der Waals surface area contributed by atoms with E-state index in [1.165, 1.54) is 30.9 Å². The first kappa shape index (κ1) is 38.7. The largest absolute Gasteiger partial charge is 0.492 e. The number of anilines is 2. The Morgan fingerprint density at radius 2 is 1.59 bits per heavy atom. The zero-order valence-corrected chi connectivity index (χ0v) is 29.1. The van der Waals surface area contributed by atoms with Crippen molar-refractivity contribution in [3.05, 3.63) is 47.8 Å². The third-order valence-electron chi connectivity index (χ3n) is 8.63. The number of sulfonamides is 1. The summed E-state index contributed by atoms with van der Waals surface area (Å²) in [5, 5.41) is 2.68. The number of fused-ring (bicyclic) bond motifs is 1. The number of hydrogen-bond acceptors (Lipinski definition) is 8. The molecule has 49 heavy (non-hydrogen) atoms. The number of nitrogens with zero attached hydrogens (tertiary/aromatic N) is 3. The van der Waals surface area contributed by atoms with Gasteiger partial charge in [0.05, 0.1) is 28.2 Å². The molecule has 0 saturated carbocycles. The Hall–Kier alpha value is -3.09.